The van der Waals surface area contributed by atoms with E-state index in [9.17, 15) is 13.2 Å². The van der Waals surface area contributed by atoms with Gasteiger partial charge in [-0.25, -0.2) is 18.2 Å². The van der Waals surface area contributed by atoms with Crippen LogP contribution in [0, 0.1) is 22.1 Å². The summed E-state index contributed by atoms with van der Waals surface area (Å²) < 4.78 is 39.7. The molecule has 2 aromatic rings. The van der Waals surface area contributed by atoms with Gasteiger partial charge < -0.3 is 4.98 Å². The van der Waals surface area contributed by atoms with Gasteiger partial charge in [-0.15, -0.1) is 0 Å². The maximum atomic E-state index is 13.2. The number of benzene rings is 1. The fraction of sp³-hybridized carbons (Fsp3) is 0.231. The van der Waals surface area contributed by atoms with Gasteiger partial charge in [0.2, 0.25) is 0 Å². The summed E-state index contributed by atoms with van der Waals surface area (Å²) in [5.74, 6) is -2.87. The molecule has 0 amide bonds. The van der Waals surface area contributed by atoms with E-state index >= 15 is 0 Å². The number of halogens is 3. The Balaban J connectivity index is 2.13. The van der Waals surface area contributed by atoms with Gasteiger partial charge in [0.1, 0.15) is 10.5 Å². The molecular formula is C13H9F3N2S. The fourth-order valence-electron chi connectivity index (χ4n) is 1.89. The molecule has 1 aliphatic carbocycles. The quantitative estimate of drug-likeness (QED) is 0.663. The lowest BCUT2D eigenvalue weighted by molar-refractivity contribution is 0.447. The van der Waals surface area contributed by atoms with Crippen molar-refractivity contribution in [1.82, 2.24) is 9.97 Å². The van der Waals surface area contributed by atoms with E-state index in [4.69, 9.17) is 12.2 Å². The Morgan fingerprint density at radius 2 is 1.74 bits per heavy atom. The van der Waals surface area contributed by atoms with Gasteiger partial charge in [-0.2, -0.15) is 0 Å². The highest BCUT2D eigenvalue weighted by atomic mass is 32.1. The number of nitrogens with zero attached hydrogens (tertiary/aromatic N) is 1. The first kappa shape index (κ1) is 12.3. The van der Waals surface area contributed by atoms with E-state index in [0.717, 1.165) is 25.0 Å². The lowest BCUT2D eigenvalue weighted by Gasteiger charge is -2.06. The van der Waals surface area contributed by atoms with Crippen molar-refractivity contribution in [2.45, 2.75) is 18.8 Å². The fourth-order valence-corrected chi connectivity index (χ4v) is 2.11. The Kier molecular flexibility index (Phi) is 2.89. The van der Waals surface area contributed by atoms with E-state index in [1.54, 1.807) is 0 Å². The molecule has 0 aliphatic heterocycles. The number of H-pyrrole nitrogens is 1. The number of hydrogen-bond donors (Lipinski definition) is 1. The lowest BCUT2D eigenvalue weighted by atomic mass is 10.1. The van der Waals surface area contributed by atoms with E-state index in [0.29, 0.717) is 22.1 Å². The molecule has 1 saturated carbocycles. The van der Waals surface area contributed by atoms with Gasteiger partial charge >= 0.3 is 0 Å². The van der Waals surface area contributed by atoms with Gasteiger partial charge in [-0.3, -0.25) is 0 Å². The monoisotopic (exact) mass is 282 g/mol. The van der Waals surface area contributed by atoms with E-state index in [1.807, 2.05) is 0 Å². The topological polar surface area (TPSA) is 28.7 Å². The third-order valence-corrected chi connectivity index (χ3v) is 3.23. The molecule has 0 saturated heterocycles. The van der Waals surface area contributed by atoms with Gasteiger partial charge in [0, 0.05) is 17.2 Å². The Morgan fingerprint density at radius 3 is 2.32 bits per heavy atom. The molecule has 0 radical (unpaired) electrons. The Hall–Kier alpha value is -1.69. The van der Waals surface area contributed by atoms with Crippen molar-refractivity contribution in [3.05, 3.63) is 46.1 Å². The summed E-state index contributed by atoms with van der Waals surface area (Å²) in [6.45, 7) is 0. The largest absolute Gasteiger partial charge is 0.343 e. The van der Waals surface area contributed by atoms with E-state index in [2.05, 4.69) is 9.97 Å². The molecule has 1 N–H and O–H groups in total. The molecule has 2 nitrogen and oxygen atoms in total. The van der Waals surface area contributed by atoms with E-state index in [-0.39, 0.29) is 5.56 Å². The Morgan fingerprint density at radius 1 is 1.11 bits per heavy atom. The predicted molar refractivity (Wildman–Crippen MR) is 66.7 cm³/mol. The molecule has 0 spiro atoms. The van der Waals surface area contributed by atoms with Crippen LogP contribution < -0.4 is 0 Å². The molecule has 1 aliphatic rings. The van der Waals surface area contributed by atoms with Crippen molar-refractivity contribution in [3.8, 4) is 11.3 Å². The zero-order valence-electron chi connectivity index (χ0n) is 9.71. The van der Waals surface area contributed by atoms with Gasteiger partial charge in [0.25, 0.3) is 0 Å². The minimum Gasteiger partial charge on any atom is -0.343 e. The highest BCUT2D eigenvalue weighted by molar-refractivity contribution is 7.71. The molecule has 98 valence electrons. The first-order valence-electron chi connectivity index (χ1n) is 5.81. The van der Waals surface area contributed by atoms with Crippen LogP contribution >= 0.6 is 12.2 Å². The second-order valence-corrected chi connectivity index (χ2v) is 4.96. The van der Waals surface area contributed by atoms with Crippen molar-refractivity contribution in [2.75, 3.05) is 0 Å². The van der Waals surface area contributed by atoms with Crippen molar-refractivity contribution in [2.24, 2.45) is 0 Å². The van der Waals surface area contributed by atoms with Gasteiger partial charge in [0.05, 0.1) is 0 Å². The van der Waals surface area contributed by atoms with Crippen LogP contribution in [-0.2, 0) is 0 Å². The molecule has 1 aromatic carbocycles. The Labute approximate surface area is 112 Å². The van der Waals surface area contributed by atoms with Crippen LogP contribution in [0.3, 0.4) is 0 Å². The van der Waals surface area contributed by atoms with Crippen molar-refractivity contribution in [3.63, 3.8) is 0 Å². The number of hydrogen-bond acceptors (Lipinski definition) is 2. The van der Waals surface area contributed by atoms with Crippen LogP contribution in [0.4, 0.5) is 13.2 Å². The standard InChI is InChI=1S/C13H9F3N2S/c14-8-3-7(4-9(15)12(8)16)10-5-11(19)18-13(17-10)6-1-2-6/h3-6H,1-2H2,(H,17,18,19). The highest BCUT2D eigenvalue weighted by Crippen LogP contribution is 2.38. The maximum absolute atomic E-state index is 13.2. The van der Waals surface area contributed by atoms with Crippen LogP contribution in [0.1, 0.15) is 24.6 Å². The zero-order valence-corrected chi connectivity index (χ0v) is 10.5. The third-order valence-electron chi connectivity index (χ3n) is 3.02. The van der Waals surface area contributed by atoms with Crippen molar-refractivity contribution >= 4 is 12.2 Å². The third kappa shape index (κ3) is 2.40. The smallest absolute Gasteiger partial charge is 0.194 e. The summed E-state index contributed by atoms with van der Waals surface area (Å²) >= 11 is 5.03. The molecule has 6 heteroatoms. The van der Waals surface area contributed by atoms with Crippen LogP contribution in [-0.4, -0.2) is 9.97 Å². The summed E-state index contributed by atoms with van der Waals surface area (Å²) in [6, 6.07) is 3.39. The highest BCUT2D eigenvalue weighted by Gasteiger charge is 2.26. The second-order valence-electron chi connectivity index (χ2n) is 4.55. The van der Waals surface area contributed by atoms with Crippen molar-refractivity contribution < 1.29 is 13.2 Å². The van der Waals surface area contributed by atoms with Crippen LogP contribution in [0.25, 0.3) is 11.3 Å². The molecular weight excluding hydrogens is 273 g/mol. The second kappa shape index (κ2) is 4.45. The summed E-state index contributed by atoms with van der Waals surface area (Å²) in [7, 11) is 0. The average molecular weight is 282 g/mol. The molecule has 1 fully saturated rings. The van der Waals surface area contributed by atoms with Crippen LogP contribution in [0.15, 0.2) is 18.2 Å². The summed E-state index contributed by atoms with van der Waals surface area (Å²) in [6.07, 6.45) is 2.04. The first-order valence-corrected chi connectivity index (χ1v) is 6.21. The number of aromatic nitrogens is 2. The molecule has 3 rings (SSSR count). The summed E-state index contributed by atoms with van der Waals surface area (Å²) in [4.78, 5) is 7.19. The maximum Gasteiger partial charge on any atom is 0.194 e. The molecule has 1 aromatic heterocycles. The molecule has 0 atom stereocenters. The van der Waals surface area contributed by atoms with Crippen LogP contribution in [0.5, 0.6) is 0 Å². The minimum absolute atomic E-state index is 0.215. The minimum atomic E-state index is -1.47. The Bertz CT molecular complexity index is 684. The zero-order chi connectivity index (χ0) is 13.6. The summed E-state index contributed by atoms with van der Waals surface area (Å²) in [5.41, 5.74) is 0.659. The van der Waals surface area contributed by atoms with Gasteiger partial charge in [-0.05, 0) is 31.0 Å². The normalized spacial score (nSPS) is 14.7. The number of aromatic amines is 1. The van der Waals surface area contributed by atoms with Crippen LogP contribution in [0.2, 0.25) is 0 Å². The molecule has 0 bridgehead atoms. The number of rotatable bonds is 2. The van der Waals surface area contributed by atoms with Gasteiger partial charge in [-0.1, -0.05) is 12.2 Å². The summed E-state index contributed by atoms with van der Waals surface area (Å²) in [5, 5.41) is 0. The first-order chi connectivity index (χ1) is 9.04. The van der Waals surface area contributed by atoms with E-state index < -0.39 is 17.5 Å². The number of nitrogens with one attached hydrogen (secondary N) is 1. The van der Waals surface area contributed by atoms with Crippen molar-refractivity contribution in [1.29, 1.82) is 0 Å². The molecule has 19 heavy (non-hydrogen) atoms. The van der Waals surface area contributed by atoms with E-state index in [1.165, 1.54) is 6.07 Å². The average Bonchev–Trinajstić information content (AvgIpc) is 3.18. The SMILES string of the molecule is Fc1cc(-c2cc(=S)nc(C3CC3)[nH]2)cc(F)c1F. The predicted octanol–water partition coefficient (Wildman–Crippen LogP) is 4.10. The lowest BCUT2D eigenvalue weighted by Crippen LogP contribution is -1.97. The molecule has 1 heterocycles. The van der Waals surface area contributed by atoms with Gasteiger partial charge in [0.15, 0.2) is 17.5 Å². The molecule has 0 unspecified atom stereocenters.